The van der Waals surface area contributed by atoms with Crippen molar-refractivity contribution in [3.8, 4) is 0 Å². The highest BCUT2D eigenvalue weighted by atomic mass is 19.5. The van der Waals surface area contributed by atoms with E-state index in [1.54, 1.807) is 0 Å². The van der Waals surface area contributed by atoms with Gasteiger partial charge in [-0.2, -0.15) is 83.4 Å². The Hall–Kier alpha value is -1.40. The van der Waals surface area contributed by atoms with Crippen LogP contribution in [-0.2, 0) is 0 Å². The van der Waals surface area contributed by atoms with Crippen LogP contribution in [0.4, 0.5) is 87.8 Å². The molecule has 0 nitrogen and oxygen atoms in total. The van der Waals surface area contributed by atoms with Crippen molar-refractivity contribution in [1.29, 1.82) is 0 Å². The molecule has 0 heterocycles. The van der Waals surface area contributed by atoms with Gasteiger partial charge in [0.25, 0.3) is 5.41 Å². The second-order valence-corrected chi connectivity index (χ2v) is 5.05. The first kappa shape index (κ1) is 27.6. The summed E-state index contributed by atoms with van der Waals surface area (Å²) in [5, 5.41) is 0. The molecule has 0 rings (SSSR count). The molecule has 0 amide bonds. The lowest BCUT2D eigenvalue weighted by Crippen LogP contribution is -2.84. The second-order valence-electron chi connectivity index (χ2n) is 5.05. The Kier molecular flexibility index (Phi) is 6.00. The zero-order valence-corrected chi connectivity index (χ0v) is 12.1. The van der Waals surface area contributed by atoms with Crippen molar-refractivity contribution in [3.05, 3.63) is 0 Å². The Morgan fingerprint density at radius 2 is 0.448 bits per heavy atom. The summed E-state index contributed by atoms with van der Waals surface area (Å²) in [7, 11) is 0. The lowest BCUT2D eigenvalue weighted by atomic mass is 9.61. The third-order valence-corrected chi connectivity index (χ3v) is 3.38. The van der Waals surface area contributed by atoms with Crippen molar-refractivity contribution >= 4 is 0 Å². The third-order valence-electron chi connectivity index (χ3n) is 3.38. The van der Waals surface area contributed by atoms with Crippen LogP contribution < -0.4 is 0 Å². The third kappa shape index (κ3) is 3.23. The van der Waals surface area contributed by atoms with Gasteiger partial charge in [-0.25, -0.2) is 4.39 Å². The van der Waals surface area contributed by atoms with E-state index in [0.29, 0.717) is 0 Å². The summed E-state index contributed by atoms with van der Waals surface area (Å²) in [5.41, 5.74) is -19.3. The largest absolute Gasteiger partial charge is 0.454 e. The van der Waals surface area contributed by atoms with Crippen molar-refractivity contribution in [2.45, 2.75) is 48.4 Å². The molecule has 0 saturated heterocycles. The fraction of sp³-hybridized carbons (Fsp3) is 1.00. The first-order valence-electron chi connectivity index (χ1n) is 5.78. The predicted molar refractivity (Wildman–Crippen MR) is 46.4 cm³/mol. The van der Waals surface area contributed by atoms with Crippen LogP contribution in [0.1, 0.15) is 0 Å². The van der Waals surface area contributed by atoms with Gasteiger partial charge in [-0.05, 0) is 0 Å². The molecule has 0 atom stereocenters. The monoisotopic (exact) mass is 488 g/mol. The summed E-state index contributed by atoms with van der Waals surface area (Å²) in [6, 6.07) is 0. The Bertz CT molecular complexity index is 548. The van der Waals surface area contributed by atoms with E-state index in [1.165, 1.54) is 0 Å². The fourth-order valence-corrected chi connectivity index (χ4v) is 2.19. The van der Waals surface area contributed by atoms with Gasteiger partial charge in [0.05, 0.1) is 0 Å². The van der Waals surface area contributed by atoms with Gasteiger partial charge in [-0.1, -0.05) is 0 Å². The lowest BCUT2D eigenvalue weighted by Gasteiger charge is -2.53. The van der Waals surface area contributed by atoms with Crippen molar-refractivity contribution in [2.24, 2.45) is 5.41 Å². The van der Waals surface area contributed by atoms with E-state index >= 15 is 0 Å². The van der Waals surface area contributed by atoms with Gasteiger partial charge >= 0.3 is 48.4 Å². The molecule has 0 unspecified atom stereocenters. The molecule has 0 aliphatic carbocycles. The van der Waals surface area contributed by atoms with Crippen LogP contribution in [0.5, 0.6) is 0 Å². The maximum absolute atomic E-state index is 13.7. The van der Waals surface area contributed by atoms with Crippen LogP contribution in [0.15, 0.2) is 0 Å². The molecular weight excluding hydrogens is 488 g/mol. The van der Waals surface area contributed by atoms with Gasteiger partial charge in [0, 0.05) is 0 Å². The van der Waals surface area contributed by atoms with Crippen molar-refractivity contribution in [3.63, 3.8) is 0 Å². The molecule has 0 aliphatic heterocycles. The zero-order chi connectivity index (χ0) is 24.5. The van der Waals surface area contributed by atoms with E-state index in [2.05, 4.69) is 0 Å². The molecule has 0 aliphatic rings. The standard InChI is InChI=1S/C9F20/c10-2(6(18,19)20,7(21,22)23)1(5(15,16)17,3(11,12)8(24,25)26)4(13,14)9(27,28)29. The van der Waals surface area contributed by atoms with E-state index in [1.807, 2.05) is 0 Å². The lowest BCUT2D eigenvalue weighted by molar-refractivity contribution is -0.532. The van der Waals surface area contributed by atoms with Crippen LogP contribution in [0.2, 0.25) is 0 Å². The molecule has 0 aromatic rings. The molecular formula is C9F20. The first-order valence-corrected chi connectivity index (χ1v) is 5.78. The highest BCUT2D eigenvalue weighted by molar-refractivity contribution is 5.25. The Morgan fingerprint density at radius 1 is 0.241 bits per heavy atom. The maximum Gasteiger partial charge on any atom is 0.454 e. The van der Waals surface area contributed by atoms with Gasteiger partial charge in [-0.15, -0.1) is 0 Å². The van der Waals surface area contributed by atoms with Crippen molar-refractivity contribution < 1.29 is 87.8 Å². The summed E-state index contributed by atoms with van der Waals surface area (Å²) >= 11 is 0. The highest BCUT2D eigenvalue weighted by Gasteiger charge is 3.06. The maximum atomic E-state index is 13.7. The number of rotatable bonds is 3. The molecule has 0 aromatic carbocycles. The summed E-state index contributed by atoms with van der Waals surface area (Å²) < 4.78 is 253. The van der Waals surface area contributed by atoms with Gasteiger partial charge < -0.3 is 0 Å². The summed E-state index contributed by atoms with van der Waals surface area (Å²) in [6.07, 6.45) is -44.1. The quantitative estimate of drug-likeness (QED) is 0.386. The normalized spacial score (nSPS) is 17.0. The molecule has 0 fully saturated rings. The zero-order valence-electron chi connectivity index (χ0n) is 12.1. The topological polar surface area (TPSA) is 0 Å². The molecule has 176 valence electrons. The minimum Gasteiger partial charge on any atom is -0.222 e. The average molecular weight is 488 g/mol. The highest BCUT2D eigenvalue weighted by Crippen LogP contribution is 2.75. The fourth-order valence-electron chi connectivity index (χ4n) is 2.19. The van der Waals surface area contributed by atoms with Crippen LogP contribution in [0.25, 0.3) is 0 Å². The van der Waals surface area contributed by atoms with Gasteiger partial charge in [-0.3, -0.25) is 0 Å². The van der Waals surface area contributed by atoms with Gasteiger partial charge in [0.2, 0.25) is 0 Å². The number of halogens is 20. The van der Waals surface area contributed by atoms with Gasteiger partial charge in [0.15, 0.2) is 0 Å². The molecule has 0 aromatic heterocycles. The van der Waals surface area contributed by atoms with Crippen LogP contribution in [0.3, 0.4) is 0 Å². The number of hydrogen-bond acceptors (Lipinski definition) is 0. The number of hydrogen-bond donors (Lipinski definition) is 0. The minimum absolute atomic E-state index is 8.62. The molecule has 0 spiro atoms. The smallest absolute Gasteiger partial charge is 0.222 e. The molecule has 20 heteroatoms. The second kappa shape index (κ2) is 6.30. The van der Waals surface area contributed by atoms with E-state index in [9.17, 15) is 87.8 Å². The van der Waals surface area contributed by atoms with E-state index < -0.39 is 53.8 Å². The van der Waals surface area contributed by atoms with Crippen molar-refractivity contribution in [2.75, 3.05) is 0 Å². The molecule has 0 bridgehead atoms. The SMILES string of the molecule is FC(F)(F)C(F)(F)C(C(F)(F)F)(C(F)(F)C(F)(F)F)C(F)(C(F)(F)F)C(F)(F)F. The Morgan fingerprint density at radius 3 is 0.552 bits per heavy atom. The Balaban J connectivity index is 8.36. The predicted octanol–water partition coefficient (Wildman–Crippen LogP) is 6.76. The van der Waals surface area contributed by atoms with Gasteiger partial charge in [0.1, 0.15) is 0 Å². The minimum atomic E-state index is -9.81. The average Bonchev–Trinajstić information content (AvgIpc) is 2.30. The summed E-state index contributed by atoms with van der Waals surface area (Å²) in [5.74, 6) is -18.7. The van der Waals surface area contributed by atoms with E-state index in [0.717, 1.165) is 0 Å². The van der Waals surface area contributed by atoms with Crippen molar-refractivity contribution in [1.82, 2.24) is 0 Å². The summed E-state index contributed by atoms with van der Waals surface area (Å²) in [4.78, 5) is 0. The first-order chi connectivity index (χ1) is 12.0. The molecule has 0 radical (unpaired) electrons. The van der Waals surface area contributed by atoms with Crippen LogP contribution >= 0.6 is 0 Å². The molecule has 0 N–H and O–H groups in total. The Labute approximate surface area is 143 Å². The number of alkyl halides is 20. The summed E-state index contributed by atoms with van der Waals surface area (Å²) in [6.45, 7) is 0. The van der Waals surface area contributed by atoms with Crippen LogP contribution in [0, 0.1) is 5.41 Å². The molecule has 29 heavy (non-hydrogen) atoms. The van der Waals surface area contributed by atoms with E-state index in [4.69, 9.17) is 0 Å². The van der Waals surface area contributed by atoms with E-state index in [-0.39, 0.29) is 0 Å². The van der Waals surface area contributed by atoms with Crippen LogP contribution in [-0.4, -0.2) is 48.4 Å². The molecule has 0 saturated carbocycles.